The van der Waals surface area contributed by atoms with Crippen molar-refractivity contribution in [3.8, 4) is 0 Å². The fourth-order valence-corrected chi connectivity index (χ4v) is 0.939. The second kappa shape index (κ2) is 2.83. The first-order chi connectivity index (χ1) is 4.99. The van der Waals surface area contributed by atoms with Gasteiger partial charge in [0.15, 0.2) is 0 Å². The van der Waals surface area contributed by atoms with Gasteiger partial charge in [-0.15, -0.1) is 0 Å². The van der Waals surface area contributed by atoms with E-state index in [4.69, 9.17) is 21.1 Å². The Morgan fingerprint density at radius 1 is 1.73 bits per heavy atom. The van der Waals surface area contributed by atoms with E-state index in [1.165, 1.54) is 6.08 Å². The number of hydrogen-bond acceptors (Lipinski definition) is 3. The quantitative estimate of drug-likeness (QED) is 0.448. The molecule has 0 aromatic carbocycles. The number of rotatable bonds is 1. The first-order valence-electron chi connectivity index (χ1n) is 3.23. The van der Waals surface area contributed by atoms with E-state index >= 15 is 0 Å². The molecule has 0 spiro atoms. The molecule has 0 aromatic heterocycles. The summed E-state index contributed by atoms with van der Waals surface area (Å²) in [5, 5.41) is -0.540. The lowest BCUT2D eigenvalue weighted by atomic mass is 10.4. The summed E-state index contributed by atoms with van der Waals surface area (Å²) in [4.78, 5) is 10.4. The fourth-order valence-electron chi connectivity index (χ4n) is 0.817. The molecule has 0 atom stereocenters. The third kappa shape index (κ3) is 2.52. The van der Waals surface area contributed by atoms with Gasteiger partial charge >= 0.3 is 0 Å². The van der Waals surface area contributed by atoms with Crippen LogP contribution in [0.3, 0.4) is 0 Å². The summed E-state index contributed by atoms with van der Waals surface area (Å²) in [6.07, 6.45) is 1.22. The van der Waals surface area contributed by atoms with Crippen molar-refractivity contribution in [2.75, 3.05) is 6.61 Å². The Balaban J connectivity index is 2.61. The van der Waals surface area contributed by atoms with Crippen LogP contribution < -0.4 is 0 Å². The van der Waals surface area contributed by atoms with E-state index in [1.807, 2.05) is 0 Å². The van der Waals surface area contributed by atoms with Gasteiger partial charge in [-0.1, -0.05) is 0 Å². The Hall–Kier alpha value is -0.540. The number of ether oxygens (including phenoxy) is 2. The van der Waals surface area contributed by atoms with Crippen LogP contribution in [-0.4, -0.2) is 17.6 Å². The van der Waals surface area contributed by atoms with Crippen LogP contribution in [0, 0.1) is 0 Å². The van der Waals surface area contributed by atoms with Crippen molar-refractivity contribution in [1.82, 2.24) is 0 Å². The number of carbonyl (C=O) groups excluding carboxylic acids is 1. The van der Waals surface area contributed by atoms with Gasteiger partial charge in [0.05, 0.1) is 0 Å². The monoisotopic (exact) mass is 176 g/mol. The Labute approximate surface area is 69.9 Å². The highest BCUT2D eigenvalue weighted by molar-refractivity contribution is 6.66. The lowest BCUT2D eigenvalue weighted by Crippen LogP contribution is -2.18. The average Bonchev–Trinajstić information content (AvgIpc) is 2.08. The molecule has 62 valence electrons. The average molecular weight is 177 g/mol. The predicted octanol–water partition coefficient (Wildman–Crippen LogP) is 1.42. The fraction of sp³-hybridized carbons (Fsp3) is 0.571. The van der Waals surface area contributed by atoms with Gasteiger partial charge < -0.3 is 9.47 Å². The smallest absolute Gasteiger partial charge is 0.248 e. The maximum Gasteiger partial charge on any atom is 0.248 e. The van der Waals surface area contributed by atoms with E-state index in [0.29, 0.717) is 12.4 Å². The molecule has 0 unspecified atom stereocenters. The highest BCUT2D eigenvalue weighted by atomic mass is 35.5. The standard InChI is InChI=1S/C7H9ClO3/c1-7(2)10-4-5(11-7)3-6(8)9/h3H,4H2,1-2H3. The Morgan fingerprint density at radius 2 is 2.36 bits per heavy atom. The second-order valence-corrected chi connectivity index (χ2v) is 3.08. The number of carbonyl (C=O) groups is 1. The minimum absolute atomic E-state index is 0.311. The number of allylic oxidation sites excluding steroid dienone is 1. The van der Waals surface area contributed by atoms with Crippen LogP contribution in [0.5, 0.6) is 0 Å². The zero-order chi connectivity index (χ0) is 8.48. The summed E-state index contributed by atoms with van der Waals surface area (Å²) in [6.45, 7) is 3.85. The molecule has 0 radical (unpaired) electrons. The van der Waals surface area contributed by atoms with Crippen molar-refractivity contribution < 1.29 is 14.3 Å². The van der Waals surface area contributed by atoms with Gasteiger partial charge in [-0.25, -0.2) is 0 Å². The summed E-state index contributed by atoms with van der Waals surface area (Å²) in [5.41, 5.74) is 0. The summed E-state index contributed by atoms with van der Waals surface area (Å²) < 4.78 is 10.3. The maximum atomic E-state index is 10.4. The van der Waals surface area contributed by atoms with E-state index in [9.17, 15) is 4.79 Å². The van der Waals surface area contributed by atoms with Crippen molar-refractivity contribution in [1.29, 1.82) is 0 Å². The van der Waals surface area contributed by atoms with E-state index in [0.717, 1.165) is 0 Å². The predicted molar refractivity (Wildman–Crippen MR) is 40.1 cm³/mol. The van der Waals surface area contributed by atoms with E-state index in [2.05, 4.69) is 0 Å². The van der Waals surface area contributed by atoms with Crippen LogP contribution in [0.4, 0.5) is 0 Å². The minimum atomic E-state index is -0.627. The molecular formula is C7H9ClO3. The maximum absolute atomic E-state index is 10.4. The second-order valence-electron chi connectivity index (χ2n) is 2.71. The van der Waals surface area contributed by atoms with Crippen LogP contribution in [0.2, 0.25) is 0 Å². The van der Waals surface area contributed by atoms with Crippen molar-refractivity contribution in [2.45, 2.75) is 19.6 Å². The van der Waals surface area contributed by atoms with E-state index < -0.39 is 11.0 Å². The lowest BCUT2D eigenvalue weighted by molar-refractivity contribution is -0.117. The number of hydrogen-bond donors (Lipinski definition) is 0. The summed E-state index contributed by atoms with van der Waals surface area (Å²) >= 11 is 5.10. The van der Waals surface area contributed by atoms with Gasteiger partial charge in [0.25, 0.3) is 0 Å². The third-order valence-electron chi connectivity index (χ3n) is 1.21. The van der Waals surface area contributed by atoms with Crippen molar-refractivity contribution >= 4 is 16.8 Å². The Morgan fingerprint density at radius 3 is 2.73 bits per heavy atom. The van der Waals surface area contributed by atoms with Gasteiger partial charge in [0, 0.05) is 19.9 Å². The van der Waals surface area contributed by atoms with Crippen LogP contribution in [0.1, 0.15) is 13.8 Å². The Kier molecular flexibility index (Phi) is 2.20. The van der Waals surface area contributed by atoms with Gasteiger partial charge in [-0.3, -0.25) is 4.79 Å². The van der Waals surface area contributed by atoms with E-state index in [-0.39, 0.29) is 0 Å². The molecule has 1 heterocycles. The summed E-state index contributed by atoms with van der Waals surface area (Å²) in [7, 11) is 0. The molecule has 0 bridgehead atoms. The third-order valence-corrected chi connectivity index (χ3v) is 1.32. The molecule has 0 saturated carbocycles. The number of halogens is 1. The molecule has 1 aliphatic rings. The molecule has 1 rings (SSSR count). The van der Waals surface area contributed by atoms with Gasteiger partial charge in [0.1, 0.15) is 12.4 Å². The minimum Gasteiger partial charge on any atom is -0.465 e. The molecule has 1 fully saturated rings. The van der Waals surface area contributed by atoms with Crippen LogP contribution in [0.15, 0.2) is 11.8 Å². The largest absolute Gasteiger partial charge is 0.465 e. The topological polar surface area (TPSA) is 35.5 Å². The lowest BCUT2D eigenvalue weighted by Gasteiger charge is -2.14. The van der Waals surface area contributed by atoms with Gasteiger partial charge in [-0.2, -0.15) is 0 Å². The van der Waals surface area contributed by atoms with Crippen molar-refractivity contribution in [3.63, 3.8) is 0 Å². The summed E-state index contributed by atoms with van der Waals surface area (Å²) in [6, 6.07) is 0. The van der Waals surface area contributed by atoms with Crippen LogP contribution in [0.25, 0.3) is 0 Å². The SMILES string of the molecule is CC1(C)OCC(=CC(=O)Cl)O1. The molecule has 0 amide bonds. The molecule has 3 nitrogen and oxygen atoms in total. The summed E-state index contributed by atoms with van der Waals surface area (Å²) in [5.74, 6) is -0.145. The first kappa shape index (κ1) is 8.56. The molecule has 1 aliphatic heterocycles. The van der Waals surface area contributed by atoms with Crippen molar-refractivity contribution in [3.05, 3.63) is 11.8 Å². The zero-order valence-corrected chi connectivity index (χ0v) is 7.14. The molecule has 0 aliphatic carbocycles. The van der Waals surface area contributed by atoms with Gasteiger partial charge in [0.2, 0.25) is 11.0 Å². The van der Waals surface area contributed by atoms with Crippen molar-refractivity contribution in [2.24, 2.45) is 0 Å². The highest BCUT2D eigenvalue weighted by Crippen LogP contribution is 2.24. The Bertz CT molecular complexity index is 208. The van der Waals surface area contributed by atoms with Gasteiger partial charge in [-0.05, 0) is 11.6 Å². The normalized spacial score (nSPS) is 25.2. The molecule has 0 aromatic rings. The molecule has 0 N–H and O–H groups in total. The van der Waals surface area contributed by atoms with Crippen LogP contribution in [-0.2, 0) is 14.3 Å². The van der Waals surface area contributed by atoms with E-state index in [1.54, 1.807) is 13.8 Å². The molecule has 4 heteroatoms. The zero-order valence-electron chi connectivity index (χ0n) is 6.39. The molecule has 1 saturated heterocycles. The first-order valence-corrected chi connectivity index (χ1v) is 3.60. The van der Waals surface area contributed by atoms with Crippen LogP contribution >= 0.6 is 11.6 Å². The molecule has 11 heavy (non-hydrogen) atoms. The highest BCUT2D eigenvalue weighted by Gasteiger charge is 2.29. The molecular weight excluding hydrogens is 168 g/mol.